The van der Waals surface area contributed by atoms with Crippen molar-refractivity contribution in [1.29, 1.82) is 0 Å². The fourth-order valence-electron chi connectivity index (χ4n) is 1.16. The second kappa shape index (κ2) is 6.20. The third kappa shape index (κ3) is 4.21. The van der Waals surface area contributed by atoms with Gasteiger partial charge in [0.2, 0.25) is 5.91 Å². The number of nitrogens with one attached hydrogen (secondary N) is 4. The summed E-state index contributed by atoms with van der Waals surface area (Å²) in [5.41, 5.74) is 4.73. The Morgan fingerprint density at radius 3 is 2.50 bits per heavy atom. The molecule has 98 valence electrons. The standard InChI is InChI=1S/C10H13BrN4O3/c1-5(13-6(2)16)9(17)14-15-10(18)8-3-7(11)4-12-8/h3-5,12H,1-2H3,(H,13,16)(H,14,17)(H,15,18). The van der Waals surface area contributed by atoms with Gasteiger partial charge in [-0.25, -0.2) is 0 Å². The summed E-state index contributed by atoms with van der Waals surface area (Å²) >= 11 is 3.18. The monoisotopic (exact) mass is 316 g/mol. The van der Waals surface area contributed by atoms with Gasteiger partial charge in [-0.2, -0.15) is 0 Å². The fourth-order valence-corrected chi connectivity index (χ4v) is 1.51. The lowest BCUT2D eigenvalue weighted by Crippen LogP contribution is -2.50. The molecule has 1 atom stereocenters. The van der Waals surface area contributed by atoms with Gasteiger partial charge in [-0.05, 0) is 28.9 Å². The van der Waals surface area contributed by atoms with Crippen molar-refractivity contribution >= 4 is 33.7 Å². The maximum Gasteiger partial charge on any atom is 0.286 e. The highest BCUT2D eigenvalue weighted by molar-refractivity contribution is 9.10. The van der Waals surface area contributed by atoms with E-state index in [2.05, 4.69) is 37.1 Å². The number of hydrogen-bond acceptors (Lipinski definition) is 3. The van der Waals surface area contributed by atoms with E-state index in [0.29, 0.717) is 5.69 Å². The maximum absolute atomic E-state index is 11.5. The summed E-state index contributed by atoms with van der Waals surface area (Å²) < 4.78 is 0.727. The van der Waals surface area contributed by atoms with Crippen LogP contribution in [0.4, 0.5) is 0 Å². The number of carbonyl (C=O) groups is 3. The third-order valence-electron chi connectivity index (χ3n) is 2.00. The Labute approximate surface area is 112 Å². The topological polar surface area (TPSA) is 103 Å². The number of halogens is 1. The van der Waals surface area contributed by atoms with E-state index in [1.165, 1.54) is 13.8 Å². The molecule has 1 heterocycles. The van der Waals surface area contributed by atoms with Crippen LogP contribution in [-0.2, 0) is 9.59 Å². The predicted molar refractivity (Wildman–Crippen MR) is 67.4 cm³/mol. The lowest BCUT2D eigenvalue weighted by Gasteiger charge is -2.12. The normalized spacial score (nSPS) is 11.5. The van der Waals surface area contributed by atoms with Crippen molar-refractivity contribution in [3.63, 3.8) is 0 Å². The molecule has 0 aliphatic carbocycles. The SMILES string of the molecule is CC(=O)NC(C)C(=O)NNC(=O)c1cc(Br)c[nH]1. The molecule has 7 nitrogen and oxygen atoms in total. The van der Waals surface area contributed by atoms with Gasteiger partial charge in [0.1, 0.15) is 11.7 Å². The molecule has 0 bridgehead atoms. The molecular weight excluding hydrogens is 304 g/mol. The van der Waals surface area contributed by atoms with E-state index in [0.717, 1.165) is 4.47 Å². The molecule has 18 heavy (non-hydrogen) atoms. The summed E-state index contributed by atoms with van der Waals surface area (Å²) in [5.74, 6) is -1.31. The van der Waals surface area contributed by atoms with Gasteiger partial charge in [-0.3, -0.25) is 25.2 Å². The van der Waals surface area contributed by atoms with Crippen molar-refractivity contribution in [3.05, 3.63) is 22.4 Å². The van der Waals surface area contributed by atoms with Crippen LogP contribution < -0.4 is 16.2 Å². The van der Waals surface area contributed by atoms with Crippen LogP contribution in [0.2, 0.25) is 0 Å². The van der Waals surface area contributed by atoms with Crippen LogP contribution in [0.3, 0.4) is 0 Å². The Morgan fingerprint density at radius 1 is 1.33 bits per heavy atom. The third-order valence-corrected chi connectivity index (χ3v) is 2.46. The predicted octanol–water partition coefficient (Wildman–Crippen LogP) is 0.0628. The molecule has 0 fully saturated rings. The molecule has 0 spiro atoms. The van der Waals surface area contributed by atoms with Crippen molar-refractivity contribution in [2.24, 2.45) is 0 Å². The van der Waals surface area contributed by atoms with Crippen molar-refractivity contribution in [2.75, 3.05) is 0 Å². The molecule has 1 unspecified atom stereocenters. The Kier molecular flexibility index (Phi) is 4.90. The molecular formula is C10H13BrN4O3. The average Bonchev–Trinajstić information content (AvgIpc) is 2.71. The zero-order valence-electron chi connectivity index (χ0n) is 9.83. The molecule has 4 N–H and O–H groups in total. The van der Waals surface area contributed by atoms with E-state index in [9.17, 15) is 14.4 Å². The van der Waals surface area contributed by atoms with E-state index in [1.807, 2.05) is 0 Å². The summed E-state index contributed by atoms with van der Waals surface area (Å²) in [6.07, 6.45) is 1.59. The molecule has 0 aliphatic heterocycles. The molecule has 8 heteroatoms. The number of hydrogen-bond donors (Lipinski definition) is 4. The van der Waals surface area contributed by atoms with Crippen LogP contribution >= 0.6 is 15.9 Å². The summed E-state index contributed by atoms with van der Waals surface area (Å²) in [5, 5.41) is 2.39. The van der Waals surface area contributed by atoms with Crippen molar-refractivity contribution in [1.82, 2.24) is 21.2 Å². The largest absolute Gasteiger partial charge is 0.356 e. The van der Waals surface area contributed by atoms with Crippen molar-refractivity contribution in [2.45, 2.75) is 19.9 Å². The van der Waals surface area contributed by atoms with Gasteiger partial charge in [0.15, 0.2) is 0 Å². The Bertz CT molecular complexity index is 471. The lowest BCUT2D eigenvalue weighted by atomic mass is 10.3. The van der Waals surface area contributed by atoms with Gasteiger partial charge in [0, 0.05) is 17.6 Å². The minimum absolute atomic E-state index is 0.300. The first-order valence-electron chi connectivity index (χ1n) is 5.11. The smallest absolute Gasteiger partial charge is 0.286 e. The van der Waals surface area contributed by atoms with Crippen LogP contribution in [0.25, 0.3) is 0 Å². The van der Waals surface area contributed by atoms with Crippen LogP contribution in [0.1, 0.15) is 24.3 Å². The van der Waals surface area contributed by atoms with Crippen molar-refractivity contribution in [3.8, 4) is 0 Å². The van der Waals surface area contributed by atoms with E-state index in [4.69, 9.17) is 0 Å². The van der Waals surface area contributed by atoms with Crippen molar-refractivity contribution < 1.29 is 14.4 Å². The van der Waals surface area contributed by atoms with Gasteiger partial charge in [-0.15, -0.1) is 0 Å². The molecule has 0 aromatic carbocycles. The average molecular weight is 317 g/mol. The zero-order valence-corrected chi connectivity index (χ0v) is 11.4. The van der Waals surface area contributed by atoms with Crippen LogP contribution in [0.15, 0.2) is 16.7 Å². The molecule has 0 saturated heterocycles. The summed E-state index contributed by atoms with van der Waals surface area (Å²) in [6.45, 7) is 2.81. The highest BCUT2D eigenvalue weighted by Crippen LogP contribution is 2.09. The molecule has 3 amide bonds. The summed E-state index contributed by atoms with van der Waals surface area (Å²) in [6, 6.07) is 0.844. The first kappa shape index (κ1) is 14.2. The van der Waals surface area contributed by atoms with Gasteiger partial charge in [-0.1, -0.05) is 0 Å². The first-order valence-corrected chi connectivity index (χ1v) is 5.90. The van der Waals surface area contributed by atoms with Gasteiger partial charge >= 0.3 is 0 Å². The van der Waals surface area contributed by atoms with Crippen LogP contribution in [-0.4, -0.2) is 28.7 Å². The van der Waals surface area contributed by atoms with E-state index >= 15 is 0 Å². The summed E-state index contributed by atoms with van der Waals surface area (Å²) in [4.78, 5) is 36.4. The second-order valence-corrected chi connectivity index (χ2v) is 4.51. The molecule has 1 rings (SSSR count). The quantitative estimate of drug-likeness (QED) is 0.593. The Hall–Kier alpha value is -1.83. The van der Waals surface area contributed by atoms with E-state index in [1.54, 1.807) is 12.3 Å². The van der Waals surface area contributed by atoms with Crippen LogP contribution in [0, 0.1) is 0 Å². The van der Waals surface area contributed by atoms with E-state index < -0.39 is 17.9 Å². The number of rotatable bonds is 3. The number of amides is 3. The lowest BCUT2D eigenvalue weighted by molar-refractivity contribution is -0.128. The second-order valence-electron chi connectivity index (χ2n) is 3.60. The molecule has 1 aromatic heterocycles. The maximum atomic E-state index is 11.5. The minimum Gasteiger partial charge on any atom is -0.356 e. The molecule has 1 aromatic rings. The number of aromatic nitrogens is 1. The number of carbonyl (C=O) groups excluding carboxylic acids is 3. The summed E-state index contributed by atoms with van der Waals surface area (Å²) in [7, 11) is 0. The fraction of sp³-hybridized carbons (Fsp3) is 0.300. The Morgan fingerprint density at radius 2 is 2.00 bits per heavy atom. The number of hydrazine groups is 1. The molecule has 0 saturated carbocycles. The highest BCUT2D eigenvalue weighted by Gasteiger charge is 2.15. The van der Waals surface area contributed by atoms with E-state index in [-0.39, 0.29) is 5.91 Å². The van der Waals surface area contributed by atoms with Gasteiger partial charge in [0.05, 0.1) is 0 Å². The number of aromatic amines is 1. The van der Waals surface area contributed by atoms with Gasteiger partial charge < -0.3 is 10.3 Å². The zero-order chi connectivity index (χ0) is 13.7. The van der Waals surface area contributed by atoms with Gasteiger partial charge in [0.25, 0.3) is 11.8 Å². The molecule has 0 radical (unpaired) electrons. The number of H-pyrrole nitrogens is 1. The Balaban J connectivity index is 2.43. The van der Waals surface area contributed by atoms with Crippen LogP contribution in [0.5, 0.6) is 0 Å². The highest BCUT2D eigenvalue weighted by atomic mass is 79.9. The molecule has 0 aliphatic rings. The first-order chi connectivity index (χ1) is 8.40. The minimum atomic E-state index is -0.724.